The molecule has 24 heavy (non-hydrogen) atoms. The van der Waals surface area contributed by atoms with Crippen LogP contribution in [0.2, 0.25) is 0 Å². The fourth-order valence-corrected chi connectivity index (χ4v) is 1.75. The number of hydrogen-bond acceptors (Lipinski definition) is 5. The van der Waals surface area contributed by atoms with Crippen molar-refractivity contribution in [3.05, 3.63) is 70.1 Å². The summed E-state index contributed by atoms with van der Waals surface area (Å²) in [5, 5.41) is 2.73. The lowest BCUT2D eigenvalue weighted by molar-refractivity contribution is -0.121. The number of nitrogens with zero attached hydrogens (tertiary/aromatic N) is 1. The molecule has 1 aromatic carbocycles. The van der Waals surface area contributed by atoms with Gasteiger partial charge in [0.05, 0.1) is 0 Å². The smallest absolute Gasteiger partial charge is 0.251 e. The molecule has 2 N–H and O–H groups in total. The maximum Gasteiger partial charge on any atom is 0.251 e. The number of benzene rings is 1. The summed E-state index contributed by atoms with van der Waals surface area (Å²) >= 11 is 2.16. The van der Waals surface area contributed by atoms with E-state index in [-0.39, 0.29) is 18.0 Å². The van der Waals surface area contributed by atoms with E-state index in [9.17, 15) is 14.4 Å². The molecule has 0 atom stereocenters. The van der Waals surface area contributed by atoms with Crippen LogP contribution in [-0.2, 0) is 17.9 Å². The standard InChI is InChI=1S/C15H14N2O3.CH4INS/c18-11-13-6-7-15(20)17(9-13)10-14(19)16-8-12-4-2-1-3-5-12;1-3-4-2/h1-7,9,11H,8,10H2,(H,16,19);3H,1H3. The minimum absolute atomic E-state index is 0.104. The highest BCUT2D eigenvalue weighted by Gasteiger charge is 2.05. The second kappa shape index (κ2) is 11.8. The molecule has 0 radical (unpaired) electrons. The van der Waals surface area contributed by atoms with Crippen molar-refractivity contribution in [2.75, 3.05) is 7.05 Å². The predicted octanol–water partition coefficient (Wildman–Crippen LogP) is 2.18. The summed E-state index contributed by atoms with van der Waals surface area (Å²) in [5.74, 6) is -0.279. The van der Waals surface area contributed by atoms with Gasteiger partial charge in [0.1, 0.15) is 6.54 Å². The van der Waals surface area contributed by atoms with Crippen molar-refractivity contribution < 1.29 is 9.59 Å². The molecule has 0 fully saturated rings. The van der Waals surface area contributed by atoms with Gasteiger partial charge in [0.15, 0.2) is 6.29 Å². The lowest BCUT2D eigenvalue weighted by atomic mass is 10.2. The van der Waals surface area contributed by atoms with Gasteiger partial charge >= 0.3 is 0 Å². The van der Waals surface area contributed by atoms with Gasteiger partial charge in [-0.1, -0.05) is 30.3 Å². The lowest BCUT2D eigenvalue weighted by Crippen LogP contribution is -2.31. The summed E-state index contributed by atoms with van der Waals surface area (Å²) in [6.45, 7) is 0.301. The van der Waals surface area contributed by atoms with Gasteiger partial charge in [0.25, 0.3) is 5.56 Å². The van der Waals surface area contributed by atoms with Gasteiger partial charge in [-0.15, -0.1) is 0 Å². The molecule has 1 amide bonds. The molecule has 0 aliphatic carbocycles. The Labute approximate surface area is 156 Å². The van der Waals surface area contributed by atoms with Crippen LogP contribution < -0.4 is 15.6 Å². The van der Waals surface area contributed by atoms with E-state index in [1.165, 1.54) is 22.9 Å². The Kier molecular flexibility index (Phi) is 10.0. The molecule has 0 aliphatic heterocycles. The average molecular weight is 459 g/mol. The number of nitrogens with one attached hydrogen (secondary N) is 2. The van der Waals surface area contributed by atoms with E-state index in [1.54, 1.807) is 9.12 Å². The zero-order valence-electron chi connectivity index (χ0n) is 13.1. The molecule has 8 heteroatoms. The van der Waals surface area contributed by atoms with Gasteiger partial charge in [-0.3, -0.25) is 19.1 Å². The minimum Gasteiger partial charge on any atom is -0.350 e. The van der Waals surface area contributed by atoms with Crippen LogP contribution in [0.1, 0.15) is 15.9 Å². The average Bonchev–Trinajstić information content (AvgIpc) is 2.63. The number of aromatic nitrogens is 1. The zero-order chi connectivity index (χ0) is 17.8. The van der Waals surface area contributed by atoms with Gasteiger partial charge < -0.3 is 9.88 Å². The van der Waals surface area contributed by atoms with Gasteiger partial charge in [-0.2, -0.15) is 0 Å². The number of amides is 1. The van der Waals surface area contributed by atoms with Crippen LogP contribution >= 0.6 is 30.3 Å². The fraction of sp³-hybridized carbons (Fsp3) is 0.188. The summed E-state index contributed by atoms with van der Waals surface area (Å²) < 4.78 is 4.05. The third-order valence-electron chi connectivity index (χ3n) is 2.87. The number of carbonyl (C=O) groups is 2. The van der Waals surface area contributed by atoms with Gasteiger partial charge in [0, 0.05) is 45.6 Å². The topological polar surface area (TPSA) is 80.2 Å². The van der Waals surface area contributed by atoms with Crippen LogP contribution in [0.3, 0.4) is 0 Å². The summed E-state index contributed by atoms with van der Waals surface area (Å²) in [6.07, 6.45) is 2.01. The Morgan fingerprint density at radius 1 is 1.25 bits per heavy atom. The predicted molar refractivity (Wildman–Crippen MR) is 105 cm³/mol. The Bertz CT molecular complexity index is 705. The number of carbonyl (C=O) groups excluding carboxylic acids is 2. The number of rotatable bonds is 6. The highest BCUT2D eigenvalue weighted by molar-refractivity contribution is 14.2. The molecule has 0 aliphatic rings. The molecule has 2 rings (SSSR count). The van der Waals surface area contributed by atoms with E-state index in [2.05, 4.69) is 31.2 Å². The molecule has 6 nitrogen and oxygen atoms in total. The molecular weight excluding hydrogens is 441 g/mol. The van der Waals surface area contributed by atoms with E-state index in [1.807, 2.05) is 37.4 Å². The molecule has 1 heterocycles. The van der Waals surface area contributed by atoms with Crippen molar-refractivity contribution in [1.29, 1.82) is 0 Å². The lowest BCUT2D eigenvalue weighted by Gasteiger charge is -2.07. The maximum atomic E-state index is 11.8. The molecule has 128 valence electrons. The van der Waals surface area contributed by atoms with Crippen molar-refractivity contribution in [3.8, 4) is 0 Å². The molecular formula is C16H18IN3O3S. The molecule has 0 unspecified atom stereocenters. The van der Waals surface area contributed by atoms with Gasteiger partial charge in [-0.05, 0) is 27.8 Å². The first kappa shape index (κ1) is 20.4. The van der Waals surface area contributed by atoms with Crippen LogP contribution in [-0.4, -0.2) is 23.8 Å². The Balaban J connectivity index is 0.000000648. The number of pyridine rings is 1. The normalized spacial score (nSPS) is 9.58. The second-order valence-corrected chi connectivity index (χ2v) is 6.47. The monoisotopic (exact) mass is 459 g/mol. The first-order valence-corrected chi connectivity index (χ1v) is 10.4. The third-order valence-corrected chi connectivity index (χ3v) is 4.34. The highest BCUT2D eigenvalue weighted by atomic mass is 127. The number of aldehydes is 1. The molecule has 0 saturated carbocycles. The van der Waals surface area contributed by atoms with Crippen LogP contribution in [0.25, 0.3) is 0 Å². The summed E-state index contributed by atoms with van der Waals surface area (Å²) in [6, 6.07) is 12.2. The van der Waals surface area contributed by atoms with Gasteiger partial charge in [0.2, 0.25) is 5.91 Å². The molecule has 2 aromatic rings. The van der Waals surface area contributed by atoms with E-state index < -0.39 is 0 Å². The van der Waals surface area contributed by atoms with Crippen LogP contribution in [0.4, 0.5) is 0 Å². The first-order valence-electron chi connectivity index (χ1n) is 7.01. The summed E-state index contributed by atoms with van der Waals surface area (Å²) in [7, 11) is 3.46. The molecule has 0 spiro atoms. The Hall–Kier alpha value is -1.65. The zero-order valence-corrected chi connectivity index (χ0v) is 16.0. The Morgan fingerprint density at radius 2 is 1.92 bits per heavy atom. The molecule has 0 saturated heterocycles. The highest BCUT2D eigenvalue weighted by Crippen LogP contribution is 2.00. The van der Waals surface area contributed by atoms with Crippen molar-refractivity contribution >= 4 is 42.5 Å². The van der Waals surface area contributed by atoms with Crippen molar-refractivity contribution in [2.45, 2.75) is 13.1 Å². The van der Waals surface area contributed by atoms with Crippen LogP contribution in [0.15, 0.2) is 53.5 Å². The second-order valence-electron chi connectivity index (χ2n) is 4.59. The van der Waals surface area contributed by atoms with Crippen molar-refractivity contribution in [1.82, 2.24) is 14.6 Å². The van der Waals surface area contributed by atoms with Crippen molar-refractivity contribution in [2.24, 2.45) is 0 Å². The van der Waals surface area contributed by atoms with Crippen LogP contribution in [0, 0.1) is 0 Å². The molecule has 1 aromatic heterocycles. The van der Waals surface area contributed by atoms with E-state index in [0.717, 1.165) is 5.56 Å². The number of hydrogen-bond donors (Lipinski definition) is 2. The minimum atomic E-state index is -0.314. The largest absolute Gasteiger partial charge is 0.350 e. The first-order chi connectivity index (χ1) is 11.6. The fourth-order valence-electron chi connectivity index (χ4n) is 1.75. The van der Waals surface area contributed by atoms with E-state index >= 15 is 0 Å². The van der Waals surface area contributed by atoms with E-state index in [4.69, 9.17) is 0 Å². The number of halogens is 1. The summed E-state index contributed by atoms with van der Waals surface area (Å²) in [4.78, 5) is 34.0. The SMILES string of the molecule is CNSI.O=Cc1ccc(=O)n(CC(=O)NCc2ccccc2)c1. The maximum absolute atomic E-state index is 11.8. The summed E-state index contributed by atoms with van der Waals surface area (Å²) in [5.41, 5.74) is 1.03. The molecule has 0 bridgehead atoms. The van der Waals surface area contributed by atoms with Crippen molar-refractivity contribution in [3.63, 3.8) is 0 Å². The van der Waals surface area contributed by atoms with Gasteiger partial charge in [-0.25, -0.2) is 0 Å². The quantitative estimate of drug-likeness (QED) is 0.394. The Morgan fingerprint density at radius 3 is 2.50 bits per heavy atom. The third kappa shape index (κ3) is 7.75. The van der Waals surface area contributed by atoms with E-state index in [0.29, 0.717) is 18.4 Å². The van der Waals surface area contributed by atoms with Crippen LogP contribution in [0.5, 0.6) is 0 Å².